The first-order chi connectivity index (χ1) is 27.6. The summed E-state index contributed by atoms with van der Waals surface area (Å²) in [6, 6.07) is 0. The molecule has 0 bridgehead atoms. The molecule has 0 radical (unpaired) electrons. The van der Waals surface area contributed by atoms with E-state index < -0.39 is 59.8 Å². The molecule has 57 heavy (non-hydrogen) atoms. The summed E-state index contributed by atoms with van der Waals surface area (Å²) >= 11 is 0. The van der Waals surface area contributed by atoms with Crippen LogP contribution in [0.1, 0.15) is 174 Å². The van der Waals surface area contributed by atoms with Gasteiger partial charge in [0.15, 0.2) is 6.29 Å². The lowest BCUT2D eigenvalue weighted by Crippen LogP contribution is -2.60. The number of esters is 1. The highest BCUT2D eigenvalue weighted by molar-refractivity contribution is 7.80. The van der Waals surface area contributed by atoms with E-state index in [-0.39, 0.29) is 19.6 Å². The molecule has 334 valence electrons. The van der Waals surface area contributed by atoms with Crippen LogP contribution in [0, 0.1) is 0 Å². The van der Waals surface area contributed by atoms with Gasteiger partial charge in [-0.1, -0.05) is 134 Å². The smallest absolute Gasteiger partial charge is 0.397 e. The topological polar surface area (TPSA) is 178 Å². The van der Waals surface area contributed by atoms with Crippen LogP contribution < -0.4 is 0 Å². The number of hydrogen-bond donors (Lipinski definition) is 4. The Labute approximate surface area is 345 Å². The van der Waals surface area contributed by atoms with E-state index in [0.717, 1.165) is 57.8 Å². The van der Waals surface area contributed by atoms with E-state index in [0.29, 0.717) is 13.0 Å². The van der Waals surface area contributed by atoms with E-state index in [1.54, 1.807) is 0 Å². The van der Waals surface area contributed by atoms with E-state index in [2.05, 4.69) is 54.5 Å². The Morgan fingerprint density at radius 1 is 0.667 bits per heavy atom. The van der Waals surface area contributed by atoms with Crippen molar-refractivity contribution in [1.82, 2.24) is 0 Å². The van der Waals surface area contributed by atoms with Crippen molar-refractivity contribution in [2.45, 2.75) is 211 Å². The van der Waals surface area contributed by atoms with Crippen molar-refractivity contribution in [3.05, 3.63) is 36.5 Å². The summed E-state index contributed by atoms with van der Waals surface area (Å²) in [5.74, 6) is -0.410. The van der Waals surface area contributed by atoms with Crippen LogP contribution in [0.15, 0.2) is 36.5 Å². The molecule has 1 rings (SSSR count). The highest BCUT2D eigenvalue weighted by Gasteiger charge is 2.48. The lowest BCUT2D eigenvalue weighted by atomic mass is 9.99. The Balaban J connectivity index is 2.45. The molecule has 0 spiro atoms. The lowest BCUT2D eigenvalue weighted by molar-refractivity contribution is -0.301. The van der Waals surface area contributed by atoms with Gasteiger partial charge in [-0.15, -0.1) is 0 Å². The molecule has 1 heterocycles. The number of carbonyl (C=O) groups is 1. The van der Waals surface area contributed by atoms with Crippen molar-refractivity contribution in [2.75, 3.05) is 26.4 Å². The Morgan fingerprint density at radius 2 is 1.16 bits per heavy atom. The van der Waals surface area contributed by atoms with Gasteiger partial charge in [-0.25, -0.2) is 4.18 Å². The van der Waals surface area contributed by atoms with Crippen LogP contribution in [0.4, 0.5) is 0 Å². The average Bonchev–Trinajstić information content (AvgIpc) is 3.18. The second kappa shape index (κ2) is 36.2. The maximum Gasteiger partial charge on any atom is 0.397 e. The van der Waals surface area contributed by atoms with Gasteiger partial charge in [-0.2, -0.15) is 8.42 Å². The zero-order valence-corrected chi connectivity index (χ0v) is 36.2. The van der Waals surface area contributed by atoms with E-state index in [4.69, 9.17) is 23.5 Å². The minimum atomic E-state index is -5.06. The molecule has 1 aliphatic rings. The fourth-order valence-electron chi connectivity index (χ4n) is 6.58. The number of aliphatic hydroxyl groups excluding tert-OH is 3. The van der Waals surface area contributed by atoms with E-state index in [1.807, 2.05) is 0 Å². The number of unbranched alkanes of at least 4 members (excludes halogenated alkanes) is 19. The first kappa shape index (κ1) is 53.3. The highest BCUT2D eigenvalue weighted by Crippen LogP contribution is 2.26. The Kier molecular flexibility index (Phi) is 33.9. The summed E-state index contributed by atoms with van der Waals surface area (Å²) in [6.45, 7) is 3.91. The number of aliphatic hydroxyl groups is 3. The molecule has 6 unspecified atom stereocenters. The predicted molar refractivity (Wildman–Crippen MR) is 225 cm³/mol. The number of allylic oxidation sites excluding steroid dienone is 6. The molecule has 0 amide bonds. The Hall–Kier alpha value is -1.68. The molecule has 4 N–H and O–H groups in total. The molecule has 0 aromatic carbocycles. The monoisotopic (exact) mass is 833 g/mol. The Bertz CT molecular complexity index is 1140. The minimum absolute atomic E-state index is 0.0289. The van der Waals surface area contributed by atoms with Crippen molar-refractivity contribution in [2.24, 2.45) is 0 Å². The molecule has 0 saturated carbocycles. The maximum atomic E-state index is 12.8. The fraction of sp³-hybridized carbons (Fsp3) is 0.841. The van der Waals surface area contributed by atoms with Gasteiger partial charge in [0.2, 0.25) is 0 Å². The van der Waals surface area contributed by atoms with Crippen molar-refractivity contribution >= 4 is 16.4 Å². The van der Waals surface area contributed by atoms with Crippen LogP contribution >= 0.6 is 0 Å². The quantitative estimate of drug-likeness (QED) is 0.0201. The van der Waals surface area contributed by atoms with Gasteiger partial charge in [-0.05, 0) is 70.6 Å². The third-order valence-electron chi connectivity index (χ3n) is 9.98. The summed E-state index contributed by atoms with van der Waals surface area (Å²) in [5.41, 5.74) is 0. The summed E-state index contributed by atoms with van der Waals surface area (Å²) in [7, 11) is -5.06. The number of ether oxygens (including phenoxy) is 4. The van der Waals surface area contributed by atoms with Crippen LogP contribution in [0.3, 0.4) is 0 Å². The first-order valence-electron chi connectivity index (χ1n) is 22.2. The lowest BCUT2D eigenvalue weighted by Gasteiger charge is -2.41. The summed E-state index contributed by atoms with van der Waals surface area (Å²) in [4.78, 5) is 12.8. The zero-order valence-electron chi connectivity index (χ0n) is 35.4. The first-order valence-corrected chi connectivity index (χ1v) is 23.6. The molecule has 1 saturated heterocycles. The van der Waals surface area contributed by atoms with E-state index in [9.17, 15) is 28.5 Å². The summed E-state index contributed by atoms with van der Waals surface area (Å²) in [5, 5.41) is 30.6. The second-order valence-corrected chi connectivity index (χ2v) is 16.3. The summed E-state index contributed by atoms with van der Waals surface area (Å²) < 4.78 is 59.0. The van der Waals surface area contributed by atoms with Gasteiger partial charge in [0.05, 0.1) is 19.8 Å². The van der Waals surface area contributed by atoms with E-state index >= 15 is 0 Å². The van der Waals surface area contributed by atoms with Gasteiger partial charge < -0.3 is 34.3 Å². The molecule has 0 aromatic rings. The van der Waals surface area contributed by atoms with Gasteiger partial charge in [0, 0.05) is 13.0 Å². The predicted octanol–water partition coefficient (Wildman–Crippen LogP) is 9.02. The minimum Gasteiger partial charge on any atom is -0.457 e. The van der Waals surface area contributed by atoms with Crippen molar-refractivity contribution in [1.29, 1.82) is 0 Å². The molecule has 13 heteroatoms. The summed E-state index contributed by atoms with van der Waals surface area (Å²) in [6.07, 6.45) is 31.7. The molecule has 0 aromatic heterocycles. The maximum absolute atomic E-state index is 12.8. The van der Waals surface area contributed by atoms with Crippen molar-refractivity contribution < 1.29 is 56.2 Å². The molecule has 1 fully saturated rings. The standard InChI is InChI=1S/C44H80O12S/c1-3-5-7-9-11-13-15-17-18-19-20-21-23-25-27-29-31-33-40(46)54-38(36-52-34-32-30-28-26-24-22-16-14-12-10-8-6-4-2)37-53-44-42(48)43(56-57(49,50)51)41(47)39(35-45)55-44/h11-14,17-18,38-39,41-45,47-48H,3-10,15-16,19-37H2,1-2H3,(H,49,50,51)/b13-11-,14-12-,18-17-. The largest absolute Gasteiger partial charge is 0.457 e. The van der Waals surface area contributed by atoms with Crippen LogP contribution in [-0.2, 0) is 38.3 Å². The fourth-order valence-corrected chi connectivity index (χ4v) is 7.09. The molecule has 6 atom stereocenters. The number of hydrogen-bond acceptors (Lipinski definition) is 11. The SMILES string of the molecule is CCCCC/C=C\C/C=C\CCCCCCCCCC(=O)OC(COCCCCCCCC/C=C\CCCCC)COC1OC(CO)C(O)C(OS(=O)(=O)O)C1O. The van der Waals surface area contributed by atoms with Crippen molar-refractivity contribution in [3.63, 3.8) is 0 Å². The van der Waals surface area contributed by atoms with Gasteiger partial charge in [0.25, 0.3) is 0 Å². The third kappa shape index (κ3) is 30.1. The molecular weight excluding hydrogens is 753 g/mol. The highest BCUT2D eigenvalue weighted by atomic mass is 32.3. The second-order valence-electron chi connectivity index (χ2n) is 15.3. The van der Waals surface area contributed by atoms with Gasteiger partial charge >= 0.3 is 16.4 Å². The van der Waals surface area contributed by atoms with Gasteiger partial charge in [0.1, 0.15) is 30.5 Å². The molecule has 12 nitrogen and oxygen atoms in total. The van der Waals surface area contributed by atoms with Crippen molar-refractivity contribution in [3.8, 4) is 0 Å². The molecular formula is C44H80O12S. The van der Waals surface area contributed by atoms with Crippen LogP contribution in [0.5, 0.6) is 0 Å². The van der Waals surface area contributed by atoms with Crippen LogP contribution in [0.2, 0.25) is 0 Å². The van der Waals surface area contributed by atoms with Crippen LogP contribution in [-0.4, -0.2) is 97.5 Å². The van der Waals surface area contributed by atoms with Crippen LogP contribution in [0.25, 0.3) is 0 Å². The number of carbonyl (C=O) groups excluding carboxylic acids is 1. The molecule has 0 aliphatic carbocycles. The Morgan fingerprint density at radius 3 is 1.68 bits per heavy atom. The number of rotatable bonds is 38. The average molecular weight is 833 g/mol. The normalized spacial score (nSPS) is 21.0. The molecule has 1 aliphatic heterocycles. The van der Waals surface area contributed by atoms with Gasteiger partial charge in [-0.3, -0.25) is 9.35 Å². The zero-order chi connectivity index (χ0) is 41.8. The van der Waals surface area contributed by atoms with E-state index in [1.165, 1.54) is 89.9 Å². The third-order valence-corrected chi connectivity index (χ3v) is 10.5.